The first kappa shape index (κ1) is 17.4. The minimum absolute atomic E-state index is 0.356. The maximum atomic E-state index is 13.5. The SMILES string of the molecule is COC(=O)[C@]1(c2ccccc2)N=CC(C#N)(C#N)[C@@]12C(=O)Nc1ccccc12. The van der Waals surface area contributed by atoms with Crippen LogP contribution in [0.3, 0.4) is 0 Å². The molecule has 28 heavy (non-hydrogen) atoms. The van der Waals surface area contributed by atoms with E-state index in [-0.39, 0.29) is 0 Å². The van der Waals surface area contributed by atoms with Gasteiger partial charge in [-0.15, -0.1) is 0 Å². The molecule has 0 bridgehead atoms. The van der Waals surface area contributed by atoms with E-state index in [2.05, 4.69) is 10.3 Å². The van der Waals surface area contributed by atoms with Crippen molar-refractivity contribution in [2.75, 3.05) is 12.4 Å². The van der Waals surface area contributed by atoms with Crippen molar-refractivity contribution in [2.24, 2.45) is 10.4 Å². The molecule has 1 amide bonds. The monoisotopic (exact) mass is 370 g/mol. The van der Waals surface area contributed by atoms with Crippen molar-refractivity contribution in [2.45, 2.75) is 11.0 Å². The molecule has 0 unspecified atom stereocenters. The zero-order chi connectivity index (χ0) is 20.0. The standard InChI is InChI=1S/C21H14N4O3/c1-28-18(27)21(14-7-3-2-4-8-14)20(19(11-22,12-23)13-24-21)15-9-5-6-10-16(15)25-17(20)26/h2-10,13H,1H3,(H,25,26)/t20-,21+/m1/s1. The predicted octanol–water partition coefficient (Wildman–Crippen LogP) is 2.06. The second-order valence-electron chi connectivity index (χ2n) is 6.61. The zero-order valence-electron chi connectivity index (χ0n) is 14.8. The number of esters is 1. The van der Waals surface area contributed by atoms with Gasteiger partial charge < -0.3 is 10.1 Å². The van der Waals surface area contributed by atoms with Crippen LogP contribution in [0, 0.1) is 28.1 Å². The van der Waals surface area contributed by atoms with Crippen LogP contribution in [0.2, 0.25) is 0 Å². The van der Waals surface area contributed by atoms with Crippen LogP contribution < -0.4 is 5.32 Å². The second-order valence-corrected chi connectivity index (χ2v) is 6.61. The lowest BCUT2D eigenvalue weighted by Gasteiger charge is -2.42. The molecule has 0 aromatic heterocycles. The molecule has 7 heteroatoms. The summed E-state index contributed by atoms with van der Waals surface area (Å²) in [4.78, 5) is 31.1. The molecule has 0 saturated heterocycles. The Morgan fingerprint density at radius 3 is 2.36 bits per heavy atom. The number of nitrogens with zero attached hydrogens (tertiary/aromatic N) is 3. The van der Waals surface area contributed by atoms with Crippen molar-refractivity contribution in [1.29, 1.82) is 10.5 Å². The number of carbonyl (C=O) groups is 2. The summed E-state index contributed by atoms with van der Waals surface area (Å²) < 4.78 is 5.07. The first-order valence-electron chi connectivity index (χ1n) is 8.48. The minimum atomic E-state index is -2.01. The van der Waals surface area contributed by atoms with E-state index in [1.54, 1.807) is 54.6 Å². The maximum absolute atomic E-state index is 13.5. The predicted molar refractivity (Wildman–Crippen MR) is 99.0 cm³/mol. The van der Waals surface area contributed by atoms with Gasteiger partial charge in [-0.3, -0.25) is 9.79 Å². The highest BCUT2D eigenvalue weighted by molar-refractivity contribution is 6.17. The van der Waals surface area contributed by atoms with Crippen LogP contribution in [0.1, 0.15) is 11.1 Å². The first-order chi connectivity index (χ1) is 13.5. The number of hydrogen-bond donors (Lipinski definition) is 1. The number of amides is 1. The smallest absolute Gasteiger partial charge is 0.340 e. The third-order valence-electron chi connectivity index (χ3n) is 5.53. The molecule has 2 atom stereocenters. The van der Waals surface area contributed by atoms with Crippen LogP contribution >= 0.6 is 0 Å². The Balaban J connectivity index is 2.22. The average Bonchev–Trinajstić information content (AvgIpc) is 3.23. The van der Waals surface area contributed by atoms with Crippen molar-refractivity contribution in [1.82, 2.24) is 0 Å². The summed E-state index contributed by atoms with van der Waals surface area (Å²) in [5, 5.41) is 22.8. The van der Waals surface area contributed by atoms with E-state index in [0.29, 0.717) is 16.8 Å². The molecule has 2 aliphatic heterocycles. The van der Waals surface area contributed by atoms with Crippen LogP contribution in [0.25, 0.3) is 0 Å². The first-order valence-corrected chi connectivity index (χ1v) is 8.48. The molecule has 136 valence electrons. The number of para-hydroxylation sites is 1. The number of anilines is 1. The van der Waals surface area contributed by atoms with E-state index in [1.165, 1.54) is 7.11 Å². The van der Waals surface area contributed by atoms with Crippen LogP contribution in [-0.2, 0) is 25.3 Å². The van der Waals surface area contributed by atoms with Crippen LogP contribution in [0.5, 0.6) is 0 Å². The van der Waals surface area contributed by atoms with Crippen LogP contribution in [0.15, 0.2) is 59.6 Å². The highest BCUT2D eigenvalue weighted by Gasteiger charge is 2.79. The summed E-state index contributed by atoms with van der Waals surface area (Å²) in [5.74, 6) is -1.47. The quantitative estimate of drug-likeness (QED) is 0.813. The van der Waals surface area contributed by atoms with Gasteiger partial charge in [0.25, 0.3) is 0 Å². The topological polar surface area (TPSA) is 115 Å². The van der Waals surface area contributed by atoms with Gasteiger partial charge in [-0.2, -0.15) is 10.5 Å². The number of aliphatic imine (C=N–C) groups is 1. The Morgan fingerprint density at radius 1 is 1.07 bits per heavy atom. The van der Waals surface area contributed by atoms with Crippen molar-refractivity contribution < 1.29 is 14.3 Å². The maximum Gasteiger partial charge on any atom is 0.340 e. The number of hydrogen-bond acceptors (Lipinski definition) is 6. The molecule has 0 fully saturated rings. The van der Waals surface area contributed by atoms with E-state index >= 15 is 0 Å². The fraction of sp³-hybridized carbons (Fsp3) is 0.190. The Kier molecular flexibility index (Phi) is 3.59. The molecule has 2 aromatic rings. The van der Waals surface area contributed by atoms with Gasteiger partial charge >= 0.3 is 5.97 Å². The molecule has 0 radical (unpaired) electrons. The molecular formula is C21H14N4O3. The third kappa shape index (κ3) is 1.69. The Morgan fingerprint density at radius 2 is 1.71 bits per heavy atom. The summed E-state index contributed by atoms with van der Waals surface area (Å²) in [6.45, 7) is 0. The van der Waals surface area contributed by atoms with Gasteiger partial charge in [0, 0.05) is 11.9 Å². The molecule has 2 heterocycles. The van der Waals surface area contributed by atoms with Crippen molar-refractivity contribution in [3.63, 3.8) is 0 Å². The summed E-state index contributed by atoms with van der Waals surface area (Å²) in [6, 6.07) is 19.0. The molecule has 1 spiro atoms. The van der Waals surface area contributed by atoms with Gasteiger partial charge in [-0.25, -0.2) is 4.79 Å². The average molecular weight is 370 g/mol. The lowest BCUT2D eigenvalue weighted by atomic mass is 9.53. The van der Waals surface area contributed by atoms with Gasteiger partial charge in [0.2, 0.25) is 11.4 Å². The van der Waals surface area contributed by atoms with Crippen molar-refractivity contribution in [3.8, 4) is 12.1 Å². The third-order valence-corrected chi connectivity index (χ3v) is 5.53. The number of nitrogens with one attached hydrogen (secondary N) is 1. The summed E-state index contributed by atoms with van der Waals surface area (Å²) >= 11 is 0. The van der Waals surface area contributed by atoms with E-state index in [4.69, 9.17) is 4.74 Å². The van der Waals surface area contributed by atoms with Gasteiger partial charge in [0.15, 0.2) is 10.8 Å². The largest absolute Gasteiger partial charge is 0.467 e. The number of methoxy groups -OCH3 is 1. The number of fused-ring (bicyclic) bond motifs is 2. The van der Waals surface area contributed by atoms with Gasteiger partial charge in [-0.1, -0.05) is 48.5 Å². The van der Waals surface area contributed by atoms with Crippen LogP contribution in [0.4, 0.5) is 5.69 Å². The van der Waals surface area contributed by atoms with Gasteiger partial charge in [0.1, 0.15) is 0 Å². The molecule has 0 aliphatic carbocycles. The normalized spacial score (nSPS) is 26.2. The highest BCUT2D eigenvalue weighted by Crippen LogP contribution is 2.63. The summed E-state index contributed by atoms with van der Waals surface area (Å²) in [7, 11) is 1.19. The number of carbonyl (C=O) groups excluding carboxylic acids is 2. The Bertz CT molecular complexity index is 1100. The second kappa shape index (κ2) is 5.77. The van der Waals surface area contributed by atoms with E-state index in [9.17, 15) is 20.1 Å². The zero-order valence-corrected chi connectivity index (χ0v) is 14.8. The molecule has 4 rings (SSSR count). The number of nitriles is 2. The Labute approximate surface area is 160 Å². The number of rotatable bonds is 2. The molecule has 1 N–H and O–H groups in total. The molecule has 2 aliphatic rings. The molecule has 7 nitrogen and oxygen atoms in total. The van der Waals surface area contributed by atoms with Crippen molar-refractivity contribution in [3.05, 3.63) is 65.7 Å². The lowest BCUT2D eigenvalue weighted by molar-refractivity contribution is -0.153. The Hall–Kier alpha value is -3.97. The fourth-order valence-electron chi connectivity index (χ4n) is 4.37. The summed E-state index contributed by atoms with van der Waals surface area (Å²) in [6.07, 6.45) is 1.11. The van der Waals surface area contributed by atoms with E-state index < -0.39 is 28.2 Å². The van der Waals surface area contributed by atoms with Crippen molar-refractivity contribution >= 4 is 23.8 Å². The fourth-order valence-corrected chi connectivity index (χ4v) is 4.37. The van der Waals surface area contributed by atoms with E-state index in [1.807, 2.05) is 12.1 Å². The highest BCUT2D eigenvalue weighted by atomic mass is 16.5. The lowest BCUT2D eigenvalue weighted by Crippen LogP contribution is -2.62. The van der Waals surface area contributed by atoms with E-state index in [0.717, 1.165) is 6.21 Å². The van der Waals surface area contributed by atoms with Gasteiger partial charge in [-0.05, 0) is 17.2 Å². The van der Waals surface area contributed by atoms with Crippen LogP contribution in [-0.4, -0.2) is 25.2 Å². The molecular weight excluding hydrogens is 356 g/mol. The minimum Gasteiger partial charge on any atom is -0.467 e. The number of ether oxygens (including phenoxy) is 1. The summed E-state index contributed by atoms with van der Waals surface area (Å²) in [5.41, 5.74) is -4.72. The molecule has 0 saturated carbocycles. The molecule has 2 aromatic carbocycles. The van der Waals surface area contributed by atoms with Gasteiger partial charge in [0.05, 0.1) is 19.2 Å². The number of benzene rings is 2.